The van der Waals surface area contributed by atoms with Gasteiger partial charge in [-0.3, -0.25) is 0 Å². The van der Waals surface area contributed by atoms with Gasteiger partial charge in [-0.25, -0.2) is 4.39 Å². The molecule has 19 heavy (non-hydrogen) atoms. The summed E-state index contributed by atoms with van der Waals surface area (Å²) >= 11 is 3.10. The van der Waals surface area contributed by atoms with Crippen LogP contribution in [0.5, 0.6) is 0 Å². The number of hydrogen-bond donors (Lipinski definition) is 1. The minimum atomic E-state index is -0.685. The number of hydrogen-bond acceptors (Lipinski definition) is 1. The predicted molar refractivity (Wildman–Crippen MR) is 78.6 cm³/mol. The Balaban J connectivity index is 2.10. The molecule has 1 nitrogen and oxygen atoms in total. The summed E-state index contributed by atoms with van der Waals surface area (Å²) < 4.78 is 13.8. The van der Waals surface area contributed by atoms with Gasteiger partial charge in [0.1, 0.15) is 5.82 Å². The molecular weight excluding hydrogens is 307 g/mol. The normalized spacial score (nSPS) is 12.4. The topological polar surface area (TPSA) is 20.2 Å². The van der Waals surface area contributed by atoms with Crippen molar-refractivity contribution in [3.63, 3.8) is 0 Å². The maximum Gasteiger partial charge on any atom is 0.137 e. The molecule has 3 heteroatoms. The summed E-state index contributed by atoms with van der Waals surface area (Å²) in [6.07, 6.45) is 0.807. The van der Waals surface area contributed by atoms with E-state index in [1.165, 1.54) is 11.6 Å². The highest BCUT2D eigenvalue weighted by Crippen LogP contribution is 2.23. The minimum absolute atomic E-state index is 0.349. The first kappa shape index (κ1) is 14.2. The molecule has 1 unspecified atom stereocenters. The Hall–Kier alpha value is -1.19. The predicted octanol–water partition coefficient (Wildman–Crippen LogP) is 4.43. The Morgan fingerprint density at radius 3 is 2.32 bits per heavy atom. The Bertz CT molecular complexity index is 551. The molecule has 0 aromatic heterocycles. The molecule has 1 N–H and O–H groups in total. The lowest BCUT2D eigenvalue weighted by Gasteiger charge is -2.12. The Labute approximate surface area is 121 Å². The van der Waals surface area contributed by atoms with Crippen LogP contribution >= 0.6 is 15.9 Å². The molecule has 0 radical (unpaired) electrons. The molecule has 0 spiro atoms. The second-order valence-electron chi connectivity index (χ2n) is 4.56. The SMILES string of the molecule is CCc1ccc(CC(O)c2ccc(Br)c(F)c2)cc1. The average molecular weight is 323 g/mol. The van der Waals surface area contributed by atoms with Crippen LogP contribution in [-0.2, 0) is 12.8 Å². The van der Waals surface area contributed by atoms with E-state index >= 15 is 0 Å². The van der Waals surface area contributed by atoms with Gasteiger partial charge >= 0.3 is 0 Å². The highest BCUT2D eigenvalue weighted by molar-refractivity contribution is 9.10. The second kappa shape index (κ2) is 6.31. The zero-order valence-electron chi connectivity index (χ0n) is 10.7. The molecule has 0 heterocycles. The zero-order valence-corrected chi connectivity index (χ0v) is 12.3. The summed E-state index contributed by atoms with van der Waals surface area (Å²) in [6, 6.07) is 12.9. The van der Waals surface area contributed by atoms with Gasteiger partial charge in [0.25, 0.3) is 0 Å². The Morgan fingerprint density at radius 2 is 1.74 bits per heavy atom. The van der Waals surface area contributed by atoms with Crippen LogP contribution in [0.15, 0.2) is 46.9 Å². The van der Waals surface area contributed by atoms with Gasteiger partial charge in [-0.15, -0.1) is 0 Å². The smallest absolute Gasteiger partial charge is 0.137 e. The number of halogens is 2. The minimum Gasteiger partial charge on any atom is -0.388 e. The quantitative estimate of drug-likeness (QED) is 0.883. The molecule has 1 atom stereocenters. The van der Waals surface area contributed by atoms with Gasteiger partial charge in [-0.2, -0.15) is 0 Å². The van der Waals surface area contributed by atoms with Gasteiger partial charge in [-0.1, -0.05) is 37.3 Å². The largest absolute Gasteiger partial charge is 0.388 e. The number of aryl methyl sites for hydroxylation is 1. The summed E-state index contributed by atoms with van der Waals surface area (Å²) in [4.78, 5) is 0. The van der Waals surface area contributed by atoms with Crippen molar-refractivity contribution >= 4 is 15.9 Å². The zero-order chi connectivity index (χ0) is 13.8. The number of rotatable bonds is 4. The Kier molecular flexibility index (Phi) is 4.72. The Morgan fingerprint density at radius 1 is 1.11 bits per heavy atom. The van der Waals surface area contributed by atoms with Crippen molar-refractivity contribution in [2.45, 2.75) is 25.9 Å². The van der Waals surface area contributed by atoms with E-state index in [0.717, 1.165) is 12.0 Å². The molecule has 0 fully saturated rings. The highest BCUT2D eigenvalue weighted by atomic mass is 79.9. The van der Waals surface area contributed by atoms with Crippen LogP contribution in [0.1, 0.15) is 29.7 Å². The molecule has 2 aromatic rings. The van der Waals surface area contributed by atoms with E-state index in [2.05, 4.69) is 35.0 Å². The third kappa shape index (κ3) is 3.64. The van der Waals surface area contributed by atoms with Gasteiger partial charge in [0.05, 0.1) is 10.6 Å². The van der Waals surface area contributed by atoms with Crippen molar-refractivity contribution in [3.8, 4) is 0 Å². The van der Waals surface area contributed by atoms with Gasteiger partial charge in [0, 0.05) is 6.42 Å². The summed E-state index contributed by atoms with van der Waals surface area (Å²) in [6.45, 7) is 2.11. The van der Waals surface area contributed by atoms with Crippen LogP contribution in [-0.4, -0.2) is 5.11 Å². The molecule has 2 rings (SSSR count). The monoisotopic (exact) mass is 322 g/mol. The third-order valence-corrected chi connectivity index (χ3v) is 3.83. The van der Waals surface area contributed by atoms with Crippen molar-refractivity contribution in [2.75, 3.05) is 0 Å². The number of benzene rings is 2. The van der Waals surface area contributed by atoms with Crippen molar-refractivity contribution in [2.24, 2.45) is 0 Å². The van der Waals surface area contributed by atoms with E-state index < -0.39 is 6.10 Å². The first-order chi connectivity index (χ1) is 9.10. The first-order valence-electron chi connectivity index (χ1n) is 6.31. The average Bonchev–Trinajstić information content (AvgIpc) is 2.42. The van der Waals surface area contributed by atoms with Gasteiger partial charge in [0.2, 0.25) is 0 Å². The lowest BCUT2D eigenvalue weighted by molar-refractivity contribution is 0.178. The van der Waals surface area contributed by atoms with E-state index in [1.54, 1.807) is 12.1 Å². The van der Waals surface area contributed by atoms with E-state index in [4.69, 9.17) is 0 Å². The third-order valence-electron chi connectivity index (χ3n) is 3.19. The highest BCUT2D eigenvalue weighted by Gasteiger charge is 2.11. The van der Waals surface area contributed by atoms with E-state index in [0.29, 0.717) is 16.5 Å². The molecular formula is C16H16BrFO. The summed E-state index contributed by atoms with van der Waals surface area (Å²) in [5.41, 5.74) is 2.92. The molecule has 0 aliphatic heterocycles. The molecule has 0 aliphatic rings. The van der Waals surface area contributed by atoms with E-state index in [9.17, 15) is 9.50 Å². The van der Waals surface area contributed by atoms with Crippen molar-refractivity contribution in [3.05, 3.63) is 69.4 Å². The van der Waals surface area contributed by atoms with Crippen molar-refractivity contribution in [1.82, 2.24) is 0 Å². The number of aliphatic hydroxyl groups is 1. The first-order valence-corrected chi connectivity index (χ1v) is 7.10. The van der Waals surface area contributed by atoms with Gasteiger partial charge in [0.15, 0.2) is 0 Å². The molecule has 0 aliphatic carbocycles. The maximum absolute atomic E-state index is 13.4. The molecule has 0 saturated heterocycles. The van der Waals surface area contributed by atoms with Crippen LogP contribution in [0.4, 0.5) is 4.39 Å². The number of aliphatic hydroxyl groups excluding tert-OH is 1. The van der Waals surface area contributed by atoms with E-state index in [-0.39, 0.29) is 5.82 Å². The fraction of sp³-hybridized carbons (Fsp3) is 0.250. The lowest BCUT2D eigenvalue weighted by Crippen LogP contribution is -2.02. The lowest BCUT2D eigenvalue weighted by atomic mass is 10.00. The van der Waals surface area contributed by atoms with Crippen LogP contribution in [0, 0.1) is 5.82 Å². The van der Waals surface area contributed by atoms with Gasteiger partial charge in [-0.05, 0) is 51.2 Å². The second-order valence-corrected chi connectivity index (χ2v) is 5.42. The summed E-state index contributed by atoms with van der Waals surface area (Å²) in [7, 11) is 0. The van der Waals surface area contributed by atoms with Crippen molar-refractivity contribution < 1.29 is 9.50 Å². The van der Waals surface area contributed by atoms with Crippen LogP contribution in [0.2, 0.25) is 0 Å². The summed E-state index contributed by atoms with van der Waals surface area (Å²) in [5.74, 6) is -0.349. The van der Waals surface area contributed by atoms with E-state index in [1.807, 2.05) is 12.1 Å². The molecule has 0 amide bonds. The molecule has 0 saturated carbocycles. The molecule has 0 bridgehead atoms. The molecule has 100 valence electrons. The fourth-order valence-corrected chi connectivity index (χ4v) is 2.22. The molecule has 2 aromatic carbocycles. The van der Waals surface area contributed by atoms with Crippen LogP contribution < -0.4 is 0 Å². The fourth-order valence-electron chi connectivity index (χ4n) is 1.97. The van der Waals surface area contributed by atoms with Crippen LogP contribution in [0.25, 0.3) is 0 Å². The standard InChI is InChI=1S/C16H16BrFO/c1-2-11-3-5-12(6-4-11)9-16(19)13-7-8-14(17)15(18)10-13/h3-8,10,16,19H,2,9H2,1H3. The summed E-state index contributed by atoms with van der Waals surface area (Å²) in [5, 5.41) is 10.1. The van der Waals surface area contributed by atoms with Crippen molar-refractivity contribution in [1.29, 1.82) is 0 Å². The van der Waals surface area contributed by atoms with Crippen LogP contribution in [0.3, 0.4) is 0 Å². The maximum atomic E-state index is 13.4. The van der Waals surface area contributed by atoms with Gasteiger partial charge < -0.3 is 5.11 Å².